The normalized spacial score (nSPS) is 39.1. The van der Waals surface area contributed by atoms with Gasteiger partial charge in [0, 0.05) is 6.42 Å². The molecule has 0 aromatic heterocycles. The lowest BCUT2D eigenvalue weighted by Crippen LogP contribution is -2.63. The highest BCUT2D eigenvalue weighted by atomic mass is 16.7. The van der Waals surface area contributed by atoms with Gasteiger partial charge in [-0.1, -0.05) is 33.1 Å². The summed E-state index contributed by atoms with van der Waals surface area (Å²) in [4.78, 5) is 0. The molecule has 132 valence electrons. The summed E-state index contributed by atoms with van der Waals surface area (Å²) in [6, 6.07) is 6.44. The average Bonchev–Trinajstić information content (AvgIpc) is 2.73. The predicted octanol–water partition coefficient (Wildman–Crippen LogP) is 3.65. The van der Waals surface area contributed by atoms with Crippen LogP contribution in [0.4, 0.5) is 0 Å². The van der Waals surface area contributed by atoms with Crippen LogP contribution in [0, 0.1) is 62.1 Å². The summed E-state index contributed by atoms with van der Waals surface area (Å²) in [5.74, 6) is -1.54. The molecule has 2 bridgehead atoms. The SMILES string of the molecule is CC(C)CC1OC23CCCCCCC2C(C#N)(C(=N)O3)C1(C#N)C#N. The van der Waals surface area contributed by atoms with Gasteiger partial charge < -0.3 is 9.47 Å². The van der Waals surface area contributed by atoms with Gasteiger partial charge in [0.05, 0.1) is 30.2 Å². The van der Waals surface area contributed by atoms with Crippen LogP contribution in [0.5, 0.6) is 0 Å². The summed E-state index contributed by atoms with van der Waals surface area (Å²) < 4.78 is 12.3. The van der Waals surface area contributed by atoms with Crippen LogP contribution in [0.25, 0.3) is 0 Å². The summed E-state index contributed by atoms with van der Waals surface area (Å²) >= 11 is 0. The largest absolute Gasteiger partial charge is 0.447 e. The second kappa shape index (κ2) is 6.01. The molecule has 2 heterocycles. The Morgan fingerprint density at radius 1 is 1.12 bits per heavy atom. The van der Waals surface area contributed by atoms with Crippen molar-refractivity contribution in [2.75, 3.05) is 0 Å². The van der Waals surface area contributed by atoms with Crippen LogP contribution in [0.3, 0.4) is 0 Å². The number of nitrogens with zero attached hydrogens (tertiary/aromatic N) is 3. The van der Waals surface area contributed by atoms with Gasteiger partial charge in [-0.15, -0.1) is 0 Å². The molecule has 3 aliphatic rings. The summed E-state index contributed by atoms with van der Waals surface area (Å²) in [7, 11) is 0. The molecule has 3 rings (SSSR count). The van der Waals surface area contributed by atoms with Gasteiger partial charge >= 0.3 is 0 Å². The van der Waals surface area contributed by atoms with Crippen LogP contribution in [0.2, 0.25) is 0 Å². The molecule has 1 saturated carbocycles. The van der Waals surface area contributed by atoms with Gasteiger partial charge in [-0.05, 0) is 25.2 Å². The molecule has 3 fully saturated rings. The van der Waals surface area contributed by atoms with E-state index in [1.807, 2.05) is 13.8 Å². The standard InChI is InChI=1S/C19H24N4O2/c1-13(2)9-15-17(10-20,11-21)18(12-22)14-7-5-3-4-6-8-19(14,24-15)25-16(18)23/h13-15,23H,3-9H2,1-2H3. The second-order valence-electron chi connectivity index (χ2n) is 7.94. The van der Waals surface area contributed by atoms with Gasteiger partial charge in [0.2, 0.25) is 11.7 Å². The van der Waals surface area contributed by atoms with E-state index in [0.29, 0.717) is 19.3 Å². The van der Waals surface area contributed by atoms with E-state index in [4.69, 9.17) is 14.9 Å². The first kappa shape index (κ1) is 17.7. The fraction of sp³-hybridized carbons (Fsp3) is 0.789. The molecule has 1 aliphatic carbocycles. The maximum atomic E-state index is 10.2. The van der Waals surface area contributed by atoms with Crippen molar-refractivity contribution in [1.29, 1.82) is 21.2 Å². The van der Waals surface area contributed by atoms with Crippen LogP contribution >= 0.6 is 0 Å². The van der Waals surface area contributed by atoms with Crippen LogP contribution in [-0.2, 0) is 9.47 Å². The number of rotatable bonds is 2. The summed E-state index contributed by atoms with van der Waals surface area (Å²) in [5, 5.41) is 38.7. The van der Waals surface area contributed by atoms with Gasteiger partial charge in [-0.3, -0.25) is 5.41 Å². The Bertz CT molecular complexity index is 684. The van der Waals surface area contributed by atoms with Crippen LogP contribution in [-0.4, -0.2) is 17.8 Å². The molecule has 1 N–H and O–H groups in total. The zero-order valence-electron chi connectivity index (χ0n) is 14.8. The predicted molar refractivity (Wildman–Crippen MR) is 88.8 cm³/mol. The summed E-state index contributed by atoms with van der Waals surface area (Å²) in [6.07, 6.45) is 4.87. The Kier molecular flexibility index (Phi) is 4.26. The maximum Gasteiger partial charge on any atom is 0.217 e. The molecule has 2 aliphatic heterocycles. The van der Waals surface area contributed by atoms with Gasteiger partial charge in [0.1, 0.15) is 0 Å². The van der Waals surface area contributed by atoms with E-state index < -0.39 is 28.6 Å². The fourth-order valence-corrected chi connectivity index (χ4v) is 4.96. The lowest BCUT2D eigenvalue weighted by molar-refractivity contribution is -0.288. The van der Waals surface area contributed by atoms with Crippen molar-refractivity contribution in [3.63, 3.8) is 0 Å². The van der Waals surface area contributed by atoms with Gasteiger partial charge in [-0.2, -0.15) is 15.8 Å². The summed E-state index contributed by atoms with van der Waals surface area (Å²) in [5.41, 5.74) is -3.27. The monoisotopic (exact) mass is 340 g/mol. The molecule has 0 amide bonds. The van der Waals surface area contributed by atoms with Crippen molar-refractivity contribution in [3.8, 4) is 18.2 Å². The first-order valence-electron chi connectivity index (χ1n) is 9.12. The van der Waals surface area contributed by atoms with E-state index >= 15 is 0 Å². The molecule has 0 spiro atoms. The Balaban J connectivity index is 2.22. The van der Waals surface area contributed by atoms with Gasteiger partial charge in [0.15, 0.2) is 10.8 Å². The molecule has 25 heavy (non-hydrogen) atoms. The van der Waals surface area contributed by atoms with Crippen LogP contribution in [0.15, 0.2) is 0 Å². The average molecular weight is 340 g/mol. The number of nitriles is 3. The van der Waals surface area contributed by atoms with E-state index in [-0.39, 0.29) is 11.8 Å². The van der Waals surface area contributed by atoms with Crippen molar-refractivity contribution in [2.45, 2.75) is 70.7 Å². The number of ether oxygens (including phenoxy) is 2. The molecule has 2 saturated heterocycles. The quantitative estimate of drug-likeness (QED) is 0.824. The second-order valence-corrected chi connectivity index (χ2v) is 7.94. The third-order valence-electron chi connectivity index (χ3n) is 6.12. The van der Waals surface area contributed by atoms with Crippen LogP contribution < -0.4 is 0 Å². The van der Waals surface area contributed by atoms with Crippen molar-refractivity contribution < 1.29 is 9.47 Å². The van der Waals surface area contributed by atoms with Crippen molar-refractivity contribution in [3.05, 3.63) is 0 Å². The maximum absolute atomic E-state index is 10.2. The van der Waals surface area contributed by atoms with Gasteiger partial charge in [0.25, 0.3) is 0 Å². The molecule has 0 radical (unpaired) electrons. The molecule has 4 unspecified atom stereocenters. The first-order chi connectivity index (χ1) is 11.9. The minimum Gasteiger partial charge on any atom is -0.447 e. The lowest BCUT2D eigenvalue weighted by atomic mass is 9.52. The molecule has 6 nitrogen and oxygen atoms in total. The molecular weight excluding hydrogens is 316 g/mol. The number of hydrogen-bond acceptors (Lipinski definition) is 6. The smallest absolute Gasteiger partial charge is 0.217 e. The van der Waals surface area contributed by atoms with Crippen LogP contribution in [0.1, 0.15) is 58.8 Å². The lowest BCUT2D eigenvalue weighted by Gasteiger charge is -2.50. The number of hydrogen-bond donors (Lipinski definition) is 1. The van der Waals surface area contributed by atoms with E-state index in [0.717, 1.165) is 25.7 Å². The first-order valence-corrected chi connectivity index (χ1v) is 9.12. The van der Waals surface area contributed by atoms with Crippen molar-refractivity contribution in [2.24, 2.45) is 22.7 Å². The third-order valence-corrected chi connectivity index (χ3v) is 6.12. The highest BCUT2D eigenvalue weighted by Crippen LogP contribution is 2.65. The molecule has 6 heteroatoms. The van der Waals surface area contributed by atoms with E-state index in [9.17, 15) is 15.8 Å². The van der Waals surface area contributed by atoms with E-state index in [2.05, 4.69) is 18.2 Å². The zero-order valence-corrected chi connectivity index (χ0v) is 14.8. The van der Waals surface area contributed by atoms with E-state index in [1.54, 1.807) is 0 Å². The molecule has 0 aromatic carbocycles. The number of nitrogens with one attached hydrogen (secondary N) is 1. The van der Waals surface area contributed by atoms with Crippen molar-refractivity contribution in [1.82, 2.24) is 0 Å². The Morgan fingerprint density at radius 3 is 2.40 bits per heavy atom. The topological polar surface area (TPSA) is 114 Å². The van der Waals surface area contributed by atoms with E-state index in [1.165, 1.54) is 0 Å². The minimum absolute atomic E-state index is 0.192. The van der Waals surface area contributed by atoms with Gasteiger partial charge in [-0.25, -0.2) is 0 Å². The summed E-state index contributed by atoms with van der Waals surface area (Å²) in [6.45, 7) is 4.00. The highest BCUT2D eigenvalue weighted by molar-refractivity contribution is 5.89. The third kappa shape index (κ3) is 2.12. The molecule has 4 atom stereocenters. The molecular formula is C19H24N4O2. The highest BCUT2D eigenvalue weighted by Gasteiger charge is 2.79. The zero-order chi connectivity index (χ0) is 18.3. The Morgan fingerprint density at radius 2 is 1.80 bits per heavy atom. The fourth-order valence-electron chi connectivity index (χ4n) is 4.96. The minimum atomic E-state index is -1.72. The van der Waals surface area contributed by atoms with Crippen molar-refractivity contribution >= 4 is 5.90 Å². The Hall–Kier alpha value is -2.10. The molecule has 0 aromatic rings. The Labute approximate surface area is 148 Å².